The maximum absolute atomic E-state index is 12.0. The summed E-state index contributed by atoms with van der Waals surface area (Å²) in [7, 11) is 0. The summed E-state index contributed by atoms with van der Waals surface area (Å²) >= 11 is 3.36. The van der Waals surface area contributed by atoms with Gasteiger partial charge in [0, 0.05) is 16.7 Å². The van der Waals surface area contributed by atoms with Gasteiger partial charge >= 0.3 is 0 Å². The molecular weight excluding hydrogens is 280 g/mol. The molecule has 1 aliphatic rings. The molecule has 1 aliphatic carbocycles. The van der Waals surface area contributed by atoms with Gasteiger partial charge in [0.05, 0.1) is 5.56 Å². The quantitative estimate of drug-likeness (QED) is 0.843. The molecule has 0 radical (unpaired) electrons. The van der Waals surface area contributed by atoms with Crippen molar-refractivity contribution >= 4 is 27.5 Å². The third-order valence-electron chi connectivity index (χ3n) is 3.46. The van der Waals surface area contributed by atoms with E-state index in [9.17, 15) is 4.79 Å². The highest BCUT2D eigenvalue weighted by Gasteiger charge is 2.45. The predicted octanol–water partition coefficient (Wildman–Crippen LogP) is 2.81. The summed E-state index contributed by atoms with van der Waals surface area (Å²) in [5, 5.41) is 2.96. The molecule has 92 valence electrons. The maximum Gasteiger partial charge on any atom is 0.252 e. The van der Waals surface area contributed by atoms with Crippen molar-refractivity contribution in [3.8, 4) is 0 Å². The highest BCUT2D eigenvalue weighted by molar-refractivity contribution is 9.10. The summed E-state index contributed by atoms with van der Waals surface area (Å²) in [6, 6.07) is 5.26. The van der Waals surface area contributed by atoms with E-state index in [0.717, 1.165) is 11.0 Å². The van der Waals surface area contributed by atoms with Crippen LogP contribution in [0.2, 0.25) is 0 Å². The molecule has 0 aromatic heterocycles. The molecule has 3 N–H and O–H groups in total. The molecular formula is C13H17BrN2O. The predicted molar refractivity (Wildman–Crippen MR) is 72.8 cm³/mol. The fraction of sp³-hybridized carbons (Fsp3) is 0.462. The average Bonchev–Trinajstić information content (AvgIpc) is 2.87. The third-order valence-corrected chi connectivity index (χ3v) is 4.15. The summed E-state index contributed by atoms with van der Waals surface area (Å²) in [6.45, 7) is 5.19. The Bertz CT molecular complexity index is 457. The van der Waals surface area contributed by atoms with Gasteiger partial charge in [0.2, 0.25) is 0 Å². The zero-order valence-electron chi connectivity index (χ0n) is 10.1. The van der Waals surface area contributed by atoms with Crippen LogP contribution in [-0.4, -0.2) is 12.5 Å². The van der Waals surface area contributed by atoms with Gasteiger partial charge in [-0.3, -0.25) is 4.79 Å². The Kier molecular flexibility index (Phi) is 3.17. The Balaban J connectivity index is 1.98. The van der Waals surface area contributed by atoms with Gasteiger partial charge in [0.15, 0.2) is 0 Å². The third kappa shape index (κ3) is 2.80. The molecule has 1 aromatic carbocycles. The topological polar surface area (TPSA) is 55.1 Å². The Hall–Kier alpha value is -1.03. The molecule has 0 aliphatic heterocycles. The molecule has 1 saturated carbocycles. The molecule has 1 atom stereocenters. The minimum atomic E-state index is -0.0631. The SMILES string of the molecule is CC1(C)CC1CNC(=O)c1cc(N)ccc1Br. The van der Waals surface area contributed by atoms with Crippen LogP contribution in [0.1, 0.15) is 30.6 Å². The molecule has 0 bridgehead atoms. The van der Waals surface area contributed by atoms with Crippen molar-refractivity contribution in [1.82, 2.24) is 5.32 Å². The fourth-order valence-electron chi connectivity index (χ4n) is 1.95. The van der Waals surface area contributed by atoms with Gasteiger partial charge < -0.3 is 11.1 Å². The first kappa shape index (κ1) is 12.4. The monoisotopic (exact) mass is 296 g/mol. The molecule has 1 amide bonds. The van der Waals surface area contributed by atoms with Crippen molar-refractivity contribution in [3.05, 3.63) is 28.2 Å². The van der Waals surface area contributed by atoms with E-state index < -0.39 is 0 Å². The van der Waals surface area contributed by atoms with E-state index in [1.165, 1.54) is 6.42 Å². The molecule has 1 fully saturated rings. The lowest BCUT2D eigenvalue weighted by molar-refractivity contribution is 0.0950. The van der Waals surface area contributed by atoms with Crippen molar-refractivity contribution in [3.63, 3.8) is 0 Å². The molecule has 1 aromatic rings. The molecule has 2 rings (SSSR count). The first-order valence-corrected chi connectivity index (χ1v) is 6.53. The van der Waals surface area contributed by atoms with Gasteiger partial charge in [0.25, 0.3) is 5.91 Å². The zero-order valence-corrected chi connectivity index (χ0v) is 11.7. The van der Waals surface area contributed by atoms with Crippen LogP contribution in [0, 0.1) is 11.3 Å². The number of anilines is 1. The van der Waals surface area contributed by atoms with E-state index in [-0.39, 0.29) is 5.91 Å². The number of rotatable bonds is 3. The number of amides is 1. The highest BCUT2D eigenvalue weighted by atomic mass is 79.9. The largest absolute Gasteiger partial charge is 0.399 e. The minimum absolute atomic E-state index is 0.0631. The number of benzene rings is 1. The van der Waals surface area contributed by atoms with Crippen LogP contribution in [0.3, 0.4) is 0 Å². The van der Waals surface area contributed by atoms with Crippen LogP contribution in [0.5, 0.6) is 0 Å². The number of nitrogens with one attached hydrogen (secondary N) is 1. The fourth-order valence-corrected chi connectivity index (χ4v) is 2.38. The lowest BCUT2D eigenvalue weighted by Crippen LogP contribution is -2.27. The van der Waals surface area contributed by atoms with Crippen molar-refractivity contribution in [1.29, 1.82) is 0 Å². The van der Waals surface area contributed by atoms with E-state index >= 15 is 0 Å². The van der Waals surface area contributed by atoms with Crippen LogP contribution in [0.25, 0.3) is 0 Å². The number of halogens is 1. The van der Waals surface area contributed by atoms with Crippen LogP contribution in [0.15, 0.2) is 22.7 Å². The number of hydrogen-bond donors (Lipinski definition) is 2. The Labute approximate surface area is 110 Å². The van der Waals surface area contributed by atoms with Crippen LogP contribution in [-0.2, 0) is 0 Å². The van der Waals surface area contributed by atoms with Gasteiger partial charge in [-0.05, 0) is 51.9 Å². The number of carbonyl (C=O) groups excluding carboxylic acids is 1. The van der Waals surface area contributed by atoms with E-state index in [0.29, 0.717) is 22.6 Å². The number of carbonyl (C=O) groups is 1. The summed E-state index contributed by atoms with van der Waals surface area (Å²) < 4.78 is 0.777. The second-order valence-corrected chi connectivity index (χ2v) is 6.19. The zero-order chi connectivity index (χ0) is 12.6. The Morgan fingerprint density at radius 3 is 2.82 bits per heavy atom. The average molecular weight is 297 g/mol. The van der Waals surface area contributed by atoms with Crippen molar-refractivity contribution < 1.29 is 4.79 Å². The first-order chi connectivity index (χ1) is 7.90. The molecule has 0 heterocycles. The van der Waals surface area contributed by atoms with Crippen molar-refractivity contribution in [2.75, 3.05) is 12.3 Å². The minimum Gasteiger partial charge on any atom is -0.399 e. The Morgan fingerprint density at radius 1 is 1.59 bits per heavy atom. The lowest BCUT2D eigenvalue weighted by atomic mass is 10.1. The molecule has 3 nitrogen and oxygen atoms in total. The van der Waals surface area contributed by atoms with Crippen LogP contribution < -0.4 is 11.1 Å². The van der Waals surface area contributed by atoms with Crippen LogP contribution in [0.4, 0.5) is 5.69 Å². The lowest BCUT2D eigenvalue weighted by Gasteiger charge is -2.08. The Morgan fingerprint density at radius 2 is 2.24 bits per heavy atom. The molecule has 1 unspecified atom stereocenters. The maximum atomic E-state index is 12.0. The highest BCUT2D eigenvalue weighted by Crippen LogP contribution is 2.50. The smallest absolute Gasteiger partial charge is 0.252 e. The molecule has 0 saturated heterocycles. The van der Waals surface area contributed by atoms with Gasteiger partial charge in [-0.15, -0.1) is 0 Å². The normalized spacial score (nSPS) is 21.0. The van der Waals surface area contributed by atoms with Gasteiger partial charge in [-0.2, -0.15) is 0 Å². The second kappa shape index (κ2) is 4.33. The molecule has 17 heavy (non-hydrogen) atoms. The summed E-state index contributed by atoms with van der Waals surface area (Å²) in [6.07, 6.45) is 1.19. The number of hydrogen-bond acceptors (Lipinski definition) is 2. The number of nitrogen functional groups attached to an aromatic ring is 1. The summed E-state index contributed by atoms with van der Waals surface area (Å²) in [4.78, 5) is 12.0. The van der Waals surface area contributed by atoms with Gasteiger partial charge in [-0.1, -0.05) is 13.8 Å². The van der Waals surface area contributed by atoms with Gasteiger partial charge in [-0.25, -0.2) is 0 Å². The number of nitrogens with two attached hydrogens (primary N) is 1. The second-order valence-electron chi connectivity index (χ2n) is 5.34. The molecule has 4 heteroatoms. The summed E-state index contributed by atoms with van der Waals surface area (Å²) in [5.74, 6) is 0.540. The summed E-state index contributed by atoms with van der Waals surface area (Å²) in [5.41, 5.74) is 7.27. The van der Waals surface area contributed by atoms with E-state index in [2.05, 4.69) is 35.1 Å². The van der Waals surface area contributed by atoms with E-state index in [1.54, 1.807) is 18.2 Å². The van der Waals surface area contributed by atoms with E-state index in [4.69, 9.17) is 5.73 Å². The van der Waals surface area contributed by atoms with Crippen molar-refractivity contribution in [2.24, 2.45) is 11.3 Å². The van der Waals surface area contributed by atoms with Crippen LogP contribution >= 0.6 is 15.9 Å². The van der Waals surface area contributed by atoms with Crippen molar-refractivity contribution in [2.45, 2.75) is 20.3 Å². The standard InChI is InChI=1S/C13H17BrN2O/c1-13(2)6-8(13)7-16-12(17)10-5-9(15)3-4-11(10)14/h3-5,8H,6-7,15H2,1-2H3,(H,16,17). The van der Waals surface area contributed by atoms with Gasteiger partial charge in [0.1, 0.15) is 0 Å². The van der Waals surface area contributed by atoms with E-state index in [1.807, 2.05) is 0 Å². The molecule has 0 spiro atoms. The first-order valence-electron chi connectivity index (χ1n) is 5.73.